The van der Waals surface area contributed by atoms with Gasteiger partial charge in [-0.05, 0) is 35.9 Å². The Morgan fingerprint density at radius 2 is 1.72 bits per heavy atom. The molecule has 1 heterocycles. The zero-order chi connectivity index (χ0) is 20.5. The quantitative estimate of drug-likeness (QED) is 0.684. The Labute approximate surface area is 175 Å². The maximum absolute atomic E-state index is 12.8. The standard InChI is InChI=1S/C22H24ClN3O3/c23-19-8-6-17(7-9-19)16-20(25-21(27)18-4-2-1-3-5-18)22(28)24-10-11-26-12-14-29-15-13-26/h1-9,16H,10-15H2,(H,24,28)(H,25,27)/b20-16+. The van der Waals surface area contributed by atoms with E-state index in [0.717, 1.165) is 25.2 Å². The minimum absolute atomic E-state index is 0.183. The number of hydrogen-bond acceptors (Lipinski definition) is 4. The first-order valence-electron chi connectivity index (χ1n) is 9.54. The first-order valence-corrected chi connectivity index (χ1v) is 9.91. The van der Waals surface area contributed by atoms with Crippen LogP contribution in [0.1, 0.15) is 15.9 Å². The van der Waals surface area contributed by atoms with Gasteiger partial charge in [0.05, 0.1) is 13.2 Å². The average molecular weight is 414 g/mol. The van der Waals surface area contributed by atoms with Gasteiger partial charge >= 0.3 is 0 Å². The molecule has 7 heteroatoms. The van der Waals surface area contributed by atoms with Gasteiger partial charge in [-0.3, -0.25) is 14.5 Å². The van der Waals surface area contributed by atoms with Gasteiger partial charge in [-0.2, -0.15) is 0 Å². The number of amides is 2. The highest BCUT2D eigenvalue weighted by Gasteiger charge is 2.15. The molecule has 0 aromatic heterocycles. The lowest BCUT2D eigenvalue weighted by molar-refractivity contribution is -0.117. The van der Waals surface area contributed by atoms with Crippen molar-refractivity contribution >= 4 is 29.5 Å². The van der Waals surface area contributed by atoms with E-state index >= 15 is 0 Å². The van der Waals surface area contributed by atoms with Gasteiger partial charge < -0.3 is 15.4 Å². The summed E-state index contributed by atoms with van der Waals surface area (Å²) < 4.78 is 5.33. The third kappa shape index (κ3) is 6.71. The van der Waals surface area contributed by atoms with Crippen molar-refractivity contribution in [3.63, 3.8) is 0 Å². The van der Waals surface area contributed by atoms with Gasteiger partial charge in [-0.25, -0.2) is 0 Å². The van der Waals surface area contributed by atoms with Crippen molar-refractivity contribution in [2.45, 2.75) is 0 Å². The molecule has 0 bridgehead atoms. The van der Waals surface area contributed by atoms with Crippen LogP contribution in [-0.2, 0) is 9.53 Å². The summed E-state index contributed by atoms with van der Waals surface area (Å²) in [5.41, 5.74) is 1.43. The largest absolute Gasteiger partial charge is 0.379 e. The molecule has 2 N–H and O–H groups in total. The molecule has 1 aliphatic rings. The predicted molar refractivity (Wildman–Crippen MR) is 114 cm³/mol. The smallest absolute Gasteiger partial charge is 0.267 e. The second-order valence-electron chi connectivity index (χ2n) is 6.64. The normalized spacial score (nSPS) is 15.0. The van der Waals surface area contributed by atoms with Gasteiger partial charge in [-0.15, -0.1) is 0 Å². The number of morpholine rings is 1. The summed E-state index contributed by atoms with van der Waals surface area (Å²) in [6.07, 6.45) is 1.64. The van der Waals surface area contributed by atoms with E-state index in [9.17, 15) is 9.59 Å². The highest BCUT2D eigenvalue weighted by molar-refractivity contribution is 6.30. The lowest BCUT2D eigenvalue weighted by Gasteiger charge is -2.26. The number of carbonyl (C=O) groups is 2. The molecule has 29 heavy (non-hydrogen) atoms. The summed E-state index contributed by atoms with van der Waals surface area (Å²) >= 11 is 5.93. The second kappa shape index (κ2) is 10.8. The molecule has 0 unspecified atom stereocenters. The molecule has 1 aliphatic heterocycles. The van der Waals surface area contributed by atoms with Crippen LogP contribution in [0.15, 0.2) is 60.3 Å². The molecular formula is C22H24ClN3O3. The summed E-state index contributed by atoms with van der Waals surface area (Å²) in [5.74, 6) is -0.674. The van der Waals surface area contributed by atoms with Gasteiger partial charge in [0.1, 0.15) is 5.70 Å². The topological polar surface area (TPSA) is 70.7 Å². The molecule has 0 spiro atoms. The second-order valence-corrected chi connectivity index (χ2v) is 7.08. The molecule has 1 fully saturated rings. The van der Waals surface area contributed by atoms with E-state index < -0.39 is 0 Å². The molecule has 152 valence electrons. The molecule has 0 aliphatic carbocycles. The summed E-state index contributed by atoms with van der Waals surface area (Å²) in [5, 5.41) is 6.22. The molecule has 6 nitrogen and oxygen atoms in total. The van der Waals surface area contributed by atoms with Crippen LogP contribution in [0.4, 0.5) is 0 Å². The van der Waals surface area contributed by atoms with Crippen molar-refractivity contribution in [2.75, 3.05) is 39.4 Å². The Hall–Kier alpha value is -2.67. The van der Waals surface area contributed by atoms with Crippen LogP contribution in [0.3, 0.4) is 0 Å². The van der Waals surface area contributed by atoms with Crippen LogP contribution < -0.4 is 10.6 Å². The Morgan fingerprint density at radius 1 is 1.03 bits per heavy atom. The minimum Gasteiger partial charge on any atom is -0.379 e. The van der Waals surface area contributed by atoms with Crippen molar-refractivity contribution < 1.29 is 14.3 Å². The van der Waals surface area contributed by atoms with Crippen LogP contribution in [0, 0.1) is 0 Å². The zero-order valence-electron chi connectivity index (χ0n) is 16.1. The van der Waals surface area contributed by atoms with Gasteiger partial charge in [-0.1, -0.05) is 41.9 Å². The SMILES string of the molecule is O=C(NCCN1CCOCC1)/C(=C\c1ccc(Cl)cc1)NC(=O)c1ccccc1. The van der Waals surface area contributed by atoms with Crippen molar-refractivity contribution in [3.8, 4) is 0 Å². The van der Waals surface area contributed by atoms with E-state index in [2.05, 4.69) is 15.5 Å². The van der Waals surface area contributed by atoms with Crippen LogP contribution in [0.2, 0.25) is 5.02 Å². The molecule has 0 radical (unpaired) electrons. The molecule has 2 aromatic carbocycles. The molecule has 3 rings (SSSR count). The molecule has 0 atom stereocenters. The minimum atomic E-state index is -0.339. The molecular weight excluding hydrogens is 390 g/mol. The predicted octanol–water partition coefficient (Wildman–Crippen LogP) is 2.56. The highest BCUT2D eigenvalue weighted by atomic mass is 35.5. The fraction of sp³-hybridized carbons (Fsp3) is 0.273. The Balaban J connectivity index is 1.68. The van der Waals surface area contributed by atoms with Crippen LogP contribution in [-0.4, -0.2) is 56.1 Å². The number of hydrogen-bond donors (Lipinski definition) is 2. The summed E-state index contributed by atoms with van der Waals surface area (Å²) in [6.45, 7) is 4.35. The monoisotopic (exact) mass is 413 g/mol. The summed E-state index contributed by atoms with van der Waals surface area (Å²) in [6, 6.07) is 15.8. The lowest BCUT2D eigenvalue weighted by Crippen LogP contribution is -2.42. The first-order chi connectivity index (χ1) is 14.1. The number of rotatable bonds is 7. The van der Waals surface area contributed by atoms with Crippen molar-refractivity contribution in [2.24, 2.45) is 0 Å². The van der Waals surface area contributed by atoms with Crippen molar-refractivity contribution in [1.82, 2.24) is 15.5 Å². The summed E-state index contributed by atoms with van der Waals surface area (Å²) in [7, 11) is 0. The fourth-order valence-corrected chi connectivity index (χ4v) is 3.04. The van der Waals surface area contributed by atoms with E-state index in [1.165, 1.54) is 0 Å². The van der Waals surface area contributed by atoms with Crippen LogP contribution >= 0.6 is 11.6 Å². The van der Waals surface area contributed by atoms with Gasteiger partial charge in [0.25, 0.3) is 11.8 Å². The Morgan fingerprint density at radius 3 is 2.41 bits per heavy atom. The number of nitrogens with zero attached hydrogens (tertiary/aromatic N) is 1. The van der Waals surface area contributed by atoms with E-state index in [1.54, 1.807) is 54.6 Å². The van der Waals surface area contributed by atoms with Crippen molar-refractivity contribution in [1.29, 1.82) is 0 Å². The number of halogens is 1. The maximum Gasteiger partial charge on any atom is 0.267 e. The Kier molecular flexibility index (Phi) is 7.81. The van der Waals surface area contributed by atoms with Crippen LogP contribution in [0.5, 0.6) is 0 Å². The lowest BCUT2D eigenvalue weighted by atomic mass is 10.1. The molecule has 2 aromatic rings. The number of benzene rings is 2. The first kappa shape index (κ1) is 21.0. The molecule has 1 saturated heterocycles. The van der Waals surface area contributed by atoms with Gasteiger partial charge in [0, 0.05) is 36.8 Å². The molecule has 2 amide bonds. The average Bonchev–Trinajstić information content (AvgIpc) is 2.76. The third-order valence-corrected chi connectivity index (χ3v) is 4.78. The van der Waals surface area contributed by atoms with E-state index in [0.29, 0.717) is 30.3 Å². The third-order valence-electron chi connectivity index (χ3n) is 4.53. The highest BCUT2D eigenvalue weighted by Crippen LogP contribution is 2.12. The van der Waals surface area contributed by atoms with Gasteiger partial charge in [0.2, 0.25) is 0 Å². The maximum atomic E-state index is 12.8. The molecule has 0 saturated carbocycles. The van der Waals surface area contributed by atoms with Crippen LogP contribution in [0.25, 0.3) is 6.08 Å². The number of ether oxygens (including phenoxy) is 1. The van der Waals surface area contributed by atoms with Crippen molar-refractivity contribution in [3.05, 3.63) is 76.4 Å². The van der Waals surface area contributed by atoms with Gasteiger partial charge in [0.15, 0.2) is 0 Å². The fourth-order valence-electron chi connectivity index (χ4n) is 2.92. The zero-order valence-corrected chi connectivity index (χ0v) is 16.8. The Bertz CT molecular complexity index is 847. The summed E-state index contributed by atoms with van der Waals surface area (Å²) in [4.78, 5) is 27.5. The van der Waals surface area contributed by atoms with E-state index in [1.807, 2.05) is 6.07 Å². The van der Waals surface area contributed by atoms with E-state index in [-0.39, 0.29) is 17.5 Å². The van der Waals surface area contributed by atoms with E-state index in [4.69, 9.17) is 16.3 Å². The number of carbonyl (C=O) groups excluding carboxylic acids is 2. The number of nitrogens with one attached hydrogen (secondary N) is 2.